The van der Waals surface area contributed by atoms with Gasteiger partial charge in [-0.2, -0.15) is 0 Å². The van der Waals surface area contributed by atoms with Crippen molar-refractivity contribution in [1.29, 1.82) is 0 Å². The topological polar surface area (TPSA) is 20.2 Å². The fourth-order valence-electron chi connectivity index (χ4n) is 1.62. The highest BCUT2D eigenvalue weighted by Crippen LogP contribution is 2.30. The molecule has 1 heteroatoms. The monoisotopic (exact) mass is 184 g/mol. The minimum atomic E-state index is 0.229. The zero-order valence-electron chi connectivity index (χ0n) is 9.72. The maximum atomic E-state index is 9.20. The van der Waals surface area contributed by atoms with E-state index in [0.29, 0.717) is 5.92 Å². The van der Waals surface area contributed by atoms with Gasteiger partial charge in [-0.15, -0.1) is 0 Å². The molecule has 0 aliphatic rings. The standard InChI is InChI=1S/C12H24O/c1-9(2)11(8-13)10(3)7-12(4,5)6/h9,11,13H,3,7-8H2,1-2,4-6H3. The predicted octanol–water partition coefficient (Wildman–Crippen LogP) is 3.24. The van der Waals surface area contributed by atoms with Crippen LogP contribution in [0.3, 0.4) is 0 Å². The molecule has 0 fully saturated rings. The van der Waals surface area contributed by atoms with Crippen molar-refractivity contribution in [1.82, 2.24) is 0 Å². The van der Waals surface area contributed by atoms with Gasteiger partial charge in [0.05, 0.1) is 0 Å². The van der Waals surface area contributed by atoms with E-state index in [1.165, 1.54) is 5.57 Å². The van der Waals surface area contributed by atoms with Crippen LogP contribution in [0, 0.1) is 17.3 Å². The molecule has 0 bridgehead atoms. The van der Waals surface area contributed by atoms with Crippen LogP contribution in [-0.4, -0.2) is 11.7 Å². The Morgan fingerprint density at radius 2 is 1.77 bits per heavy atom. The van der Waals surface area contributed by atoms with Gasteiger partial charge in [-0.25, -0.2) is 0 Å². The molecule has 1 atom stereocenters. The highest BCUT2D eigenvalue weighted by molar-refractivity contribution is 5.04. The Hall–Kier alpha value is -0.300. The minimum absolute atomic E-state index is 0.229. The van der Waals surface area contributed by atoms with Crippen LogP contribution < -0.4 is 0 Å². The van der Waals surface area contributed by atoms with Crippen LogP contribution in [0.1, 0.15) is 41.0 Å². The Balaban J connectivity index is 4.23. The molecular formula is C12H24O. The number of hydrogen-bond acceptors (Lipinski definition) is 1. The Kier molecular flexibility index (Phi) is 4.69. The molecule has 0 aromatic heterocycles. The lowest BCUT2D eigenvalue weighted by Crippen LogP contribution is -2.19. The van der Waals surface area contributed by atoms with Crippen LogP contribution in [0.5, 0.6) is 0 Å². The normalized spacial score (nSPS) is 14.7. The molecule has 1 N–H and O–H groups in total. The third-order valence-corrected chi connectivity index (χ3v) is 2.28. The lowest BCUT2D eigenvalue weighted by atomic mass is 9.80. The molecule has 13 heavy (non-hydrogen) atoms. The summed E-state index contributed by atoms with van der Waals surface area (Å²) in [5.41, 5.74) is 1.46. The van der Waals surface area contributed by atoms with Gasteiger partial charge in [0, 0.05) is 12.5 Å². The van der Waals surface area contributed by atoms with E-state index in [4.69, 9.17) is 0 Å². The van der Waals surface area contributed by atoms with Gasteiger partial charge in [0.1, 0.15) is 0 Å². The number of hydrogen-bond donors (Lipinski definition) is 1. The van der Waals surface area contributed by atoms with E-state index in [1.54, 1.807) is 0 Å². The lowest BCUT2D eigenvalue weighted by molar-refractivity contribution is 0.204. The molecule has 78 valence electrons. The maximum absolute atomic E-state index is 9.20. The van der Waals surface area contributed by atoms with Crippen molar-refractivity contribution in [3.05, 3.63) is 12.2 Å². The van der Waals surface area contributed by atoms with Crippen LogP contribution in [0.15, 0.2) is 12.2 Å². The smallest absolute Gasteiger partial charge is 0.0498 e. The first-order valence-electron chi connectivity index (χ1n) is 5.06. The van der Waals surface area contributed by atoms with Crippen LogP contribution in [-0.2, 0) is 0 Å². The van der Waals surface area contributed by atoms with E-state index in [2.05, 4.69) is 41.2 Å². The molecule has 0 rings (SSSR count). The van der Waals surface area contributed by atoms with Gasteiger partial charge in [-0.1, -0.05) is 46.8 Å². The number of aliphatic hydroxyl groups is 1. The molecule has 0 radical (unpaired) electrons. The molecule has 1 unspecified atom stereocenters. The van der Waals surface area contributed by atoms with Crippen molar-refractivity contribution in [2.75, 3.05) is 6.61 Å². The zero-order valence-corrected chi connectivity index (χ0v) is 9.72. The first-order valence-corrected chi connectivity index (χ1v) is 5.06. The summed E-state index contributed by atoms with van der Waals surface area (Å²) in [6.07, 6.45) is 0.996. The van der Waals surface area contributed by atoms with Crippen molar-refractivity contribution in [3.8, 4) is 0 Å². The summed E-state index contributed by atoms with van der Waals surface area (Å²) in [6, 6.07) is 0. The zero-order chi connectivity index (χ0) is 10.6. The minimum Gasteiger partial charge on any atom is -0.396 e. The summed E-state index contributed by atoms with van der Waals surface area (Å²) >= 11 is 0. The predicted molar refractivity (Wildman–Crippen MR) is 58.6 cm³/mol. The largest absolute Gasteiger partial charge is 0.396 e. The van der Waals surface area contributed by atoms with Gasteiger partial charge < -0.3 is 5.11 Å². The molecule has 0 aromatic rings. The average Bonchev–Trinajstić information content (AvgIpc) is 1.82. The molecule has 0 spiro atoms. The lowest BCUT2D eigenvalue weighted by Gasteiger charge is -2.26. The van der Waals surface area contributed by atoms with E-state index in [-0.39, 0.29) is 17.9 Å². The fraction of sp³-hybridized carbons (Fsp3) is 0.833. The first-order chi connectivity index (χ1) is 5.78. The van der Waals surface area contributed by atoms with Crippen molar-refractivity contribution in [3.63, 3.8) is 0 Å². The number of rotatable bonds is 4. The van der Waals surface area contributed by atoms with Gasteiger partial charge in [-0.3, -0.25) is 0 Å². The van der Waals surface area contributed by atoms with Crippen molar-refractivity contribution in [2.24, 2.45) is 17.3 Å². The molecule has 0 aliphatic carbocycles. The van der Waals surface area contributed by atoms with Gasteiger partial charge in [0.2, 0.25) is 0 Å². The van der Waals surface area contributed by atoms with Crippen LogP contribution in [0.4, 0.5) is 0 Å². The molecule has 0 saturated heterocycles. The second-order valence-corrected chi connectivity index (χ2v) is 5.43. The third-order valence-electron chi connectivity index (χ3n) is 2.28. The fourth-order valence-corrected chi connectivity index (χ4v) is 1.62. The summed E-state index contributed by atoms with van der Waals surface area (Å²) < 4.78 is 0. The summed E-state index contributed by atoms with van der Waals surface area (Å²) in [5.74, 6) is 0.749. The summed E-state index contributed by atoms with van der Waals surface area (Å²) in [7, 11) is 0. The Bertz CT molecular complexity index is 162. The quantitative estimate of drug-likeness (QED) is 0.665. The van der Waals surface area contributed by atoms with E-state index < -0.39 is 0 Å². The van der Waals surface area contributed by atoms with Crippen molar-refractivity contribution >= 4 is 0 Å². The van der Waals surface area contributed by atoms with E-state index in [1.807, 2.05) is 0 Å². The molecule has 0 heterocycles. The SMILES string of the molecule is C=C(CC(C)(C)C)C(CO)C(C)C. The Morgan fingerprint density at radius 3 is 2.00 bits per heavy atom. The van der Waals surface area contributed by atoms with Gasteiger partial charge in [-0.05, 0) is 17.8 Å². The molecule has 0 aliphatic heterocycles. The summed E-state index contributed by atoms with van der Waals surface area (Å²) in [5, 5.41) is 9.20. The molecule has 0 saturated carbocycles. The second kappa shape index (κ2) is 4.80. The average molecular weight is 184 g/mol. The Morgan fingerprint density at radius 1 is 1.31 bits per heavy atom. The maximum Gasteiger partial charge on any atom is 0.0498 e. The van der Waals surface area contributed by atoms with Crippen molar-refractivity contribution < 1.29 is 5.11 Å². The van der Waals surface area contributed by atoms with E-state index in [0.717, 1.165) is 6.42 Å². The summed E-state index contributed by atoms with van der Waals surface area (Å²) in [6.45, 7) is 15.2. The van der Waals surface area contributed by atoms with Gasteiger partial charge in [0.25, 0.3) is 0 Å². The first kappa shape index (κ1) is 12.7. The van der Waals surface area contributed by atoms with Crippen LogP contribution >= 0.6 is 0 Å². The van der Waals surface area contributed by atoms with Gasteiger partial charge >= 0.3 is 0 Å². The van der Waals surface area contributed by atoms with Crippen LogP contribution in [0.25, 0.3) is 0 Å². The van der Waals surface area contributed by atoms with Crippen LogP contribution in [0.2, 0.25) is 0 Å². The highest BCUT2D eigenvalue weighted by atomic mass is 16.3. The molecule has 0 amide bonds. The highest BCUT2D eigenvalue weighted by Gasteiger charge is 2.20. The summed E-state index contributed by atoms with van der Waals surface area (Å²) in [4.78, 5) is 0. The molecule has 0 aromatic carbocycles. The van der Waals surface area contributed by atoms with E-state index in [9.17, 15) is 5.11 Å². The molecule has 1 nitrogen and oxygen atoms in total. The second-order valence-electron chi connectivity index (χ2n) is 5.43. The van der Waals surface area contributed by atoms with E-state index >= 15 is 0 Å². The van der Waals surface area contributed by atoms with Gasteiger partial charge in [0.15, 0.2) is 0 Å². The number of aliphatic hydroxyl groups excluding tert-OH is 1. The Labute approximate surface area is 82.9 Å². The third kappa shape index (κ3) is 5.09. The van der Waals surface area contributed by atoms with Crippen molar-refractivity contribution in [2.45, 2.75) is 41.0 Å². The molecular weight excluding hydrogens is 160 g/mol.